The minimum absolute atomic E-state index is 0.0398. The molecule has 0 aromatic carbocycles. The maximum atomic E-state index is 12.8. The minimum Gasteiger partial charge on any atom is -0.373 e. The molecule has 2 saturated heterocycles. The van der Waals surface area contributed by atoms with Crippen molar-refractivity contribution >= 4 is 27.5 Å². The fraction of sp³-hybridized carbons (Fsp3) is 0.619. The van der Waals surface area contributed by atoms with E-state index in [-0.39, 0.29) is 34.0 Å². The quantitative estimate of drug-likeness (QED) is 0.706. The number of rotatable bonds is 5. The fourth-order valence-electron chi connectivity index (χ4n) is 4.46. The van der Waals surface area contributed by atoms with Crippen LogP contribution in [0.3, 0.4) is 0 Å². The molecule has 7 nitrogen and oxygen atoms in total. The molecule has 0 saturated carbocycles. The lowest BCUT2D eigenvalue weighted by Crippen LogP contribution is -2.57. The van der Waals surface area contributed by atoms with Crippen LogP contribution in [0.5, 0.6) is 0 Å². The van der Waals surface area contributed by atoms with Gasteiger partial charge in [-0.25, -0.2) is 8.42 Å². The van der Waals surface area contributed by atoms with E-state index in [1.807, 2.05) is 0 Å². The number of fused-ring (bicyclic) bond motifs is 2. The van der Waals surface area contributed by atoms with Gasteiger partial charge in [0, 0.05) is 11.4 Å². The van der Waals surface area contributed by atoms with Crippen LogP contribution in [-0.4, -0.2) is 55.6 Å². The van der Waals surface area contributed by atoms with Gasteiger partial charge in [0.15, 0.2) is 9.84 Å². The number of carbonyl (C=O) groups excluding carboxylic acids is 1. The zero-order chi connectivity index (χ0) is 21.4. The predicted molar refractivity (Wildman–Crippen MR) is 117 cm³/mol. The Morgan fingerprint density at radius 1 is 1.37 bits per heavy atom. The largest absolute Gasteiger partial charge is 0.373 e. The minimum atomic E-state index is -3.27. The van der Waals surface area contributed by atoms with Crippen LogP contribution in [0.15, 0.2) is 34.2 Å². The summed E-state index contributed by atoms with van der Waals surface area (Å²) in [5.74, 6) is 0.679. The summed E-state index contributed by atoms with van der Waals surface area (Å²) in [5, 5.41) is 6.62. The number of piperidine rings is 1. The van der Waals surface area contributed by atoms with Crippen LogP contribution < -0.4 is 10.6 Å². The Labute approximate surface area is 182 Å². The molecule has 1 aromatic heterocycles. The van der Waals surface area contributed by atoms with Gasteiger partial charge in [0.25, 0.3) is 5.91 Å². The maximum Gasteiger partial charge on any atom is 0.257 e. The van der Waals surface area contributed by atoms with Gasteiger partial charge in [0.05, 0.1) is 40.0 Å². The van der Waals surface area contributed by atoms with E-state index in [4.69, 9.17) is 4.74 Å². The number of carbonyl (C=O) groups is 1. The van der Waals surface area contributed by atoms with E-state index >= 15 is 0 Å². The third kappa shape index (κ3) is 4.17. The first-order chi connectivity index (χ1) is 14.3. The van der Waals surface area contributed by atoms with Crippen molar-refractivity contribution in [2.24, 2.45) is 11.8 Å². The maximum absolute atomic E-state index is 12.8. The molecule has 0 aliphatic carbocycles. The molecule has 30 heavy (non-hydrogen) atoms. The number of aromatic nitrogens is 1. The first kappa shape index (κ1) is 21.8. The van der Waals surface area contributed by atoms with Gasteiger partial charge in [-0.2, -0.15) is 0 Å². The molecule has 2 N–H and O–H groups in total. The smallest absolute Gasteiger partial charge is 0.257 e. The number of pyridine rings is 1. The standard InChI is InChI=1S/C21H29N3O4S2/c1-3-30(26,27)16-5-4-15(23-12-16)11-24-20(25)18-10-17-14(2)13-28-21(19(17)29-18)6-8-22-9-7-21/h4-5,10,12,14,17,19,22H,3,6-9,11,13H2,1-2H3,(H,24,25)/t14-,17?,19?/m1/s1. The van der Waals surface area contributed by atoms with Crippen LogP contribution in [-0.2, 0) is 25.9 Å². The van der Waals surface area contributed by atoms with Crippen molar-refractivity contribution in [2.75, 3.05) is 25.4 Å². The summed E-state index contributed by atoms with van der Waals surface area (Å²) in [6.45, 7) is 6.71. The number of hydrogen-bond donors (Lipinski definition) is 2. The van der Waals surface area contributed by atoms with Crippen molar-refractivity contribution in [1.82, 2.24) is 15.6 Å². The van der Waals surface area contributed by atoms with Gasteiger partial charge in [-0.3, -0.25) is 9.78 Å². The van der Waals surface area contributed by atoms with E-state index in [2.05, 4.69) is 28.6 Å². The van der Waals surface area contributed by atoms with E-state index < -0.39 is 9.84 Å². The number of nitrogens with one attached hydrogen (secondary N) is 2. The zero-order valence-corrected chi connectivity index (χ0v) is 19.0. The van der Waals surface area contributed by atoms with Crippen LogP contribution in [0.1, 0.15) is 32.4 Å². The lowest BCUT2D eigenvalue weighted by atomic mass is 9.75. The molecule has 2 fully saturated rings. The second-order valence-electron chi connectivity index (χ2n) is 8.32. The Kier molecular flexibility index (Phi) is 6.25. The van der Waals surface area contributed by atoms with Crippen LogP contribution in [0, 0.1) is 11.8 Å². The van der Waals surface area contributed by atoms with Gasteiger partial charge in [-0.05, 0) is 49.9 Å². The highest BCUT2D eigenvalue weighted by atomic mass is 32.2. The summed E-state index contributed by atoms with van der Waals surface area (Å²) in [5.41, 5.74) is 0.485. The molecular formula is C21H29N3O4S2. The summed E-state index contributed by atoms with van der Waals surface area (Å²) in [7, 11) is -3.27. The molecular weight excluding hydrogens is 422 g/mol. The van der Waals surface area contributed by atoms with Crippen molar-refractivity contribution in [2.45, 2.75) is 49.0 Å². The fourth-order valence-corrected chi connectivity index (χ4v) is 6.99. The third-order valence-corrected chi connectivity index (χ3v) is 9.69. The Bertz CT molecular complexity index is 924. The molecule has 1 amide bonds. The zero-order valence-electron chi connectivity index (χ0n) is 17.4. The number of allylic oxidation sites excluding steroid dienone is 1. The number of thioether (sulfide) groups is 1. The van der Waals surface area contributed by atoms with Gasteiger partial charge in [-0.15, -0.1) is 11.8 Å². The molecule has 1 aromatic rings. The third-order valence-electron chi connectivity index (χ3n) is 6.40. The van der Waals surface area contributed by atoms with Gasteiger partial charge in [0.1, 0.15) is 0 Å². The summed E-state index contributed by atoms with van der Waals surface area (Å²) in [6.07, 6.45) is 5.45. The Morgan fingerprint density at radius 2 is 2.13 bits per heavy atom. The van der Waals surface area contributed by atoms with Crippen molar-refractivity contribution < 1.29 is 17.9 Å². The second-order valence-corrected chi connectivity index (χ2v) is 11.8. The average molecular weight is 452 g/mol. The van der Waals surface area contributed by atoms with E-state index in [9.17, 15) is 13.2 Å². The molecule has 2 unspecified atom stereocenters. The lowest BCUT2D eigenvalue weighted by molar-refractivity contribution is -0.120. The van der Waals surface area contributed by atoms with Crippen molar-refractivity contribution in [3.05, 3.63) is 35.0 Å². The average Bonchev–Trinajstić information content (AvgIpc) is 3.23. The molecule has 3 aliphatic heterocycles. The summed E-state index contributed by atoms with van der Waals surface area (Å²) < 4.78 is 30.1. The van der Waals surface area contributed by atoms with Gasteiger partial charge in [-0.1, -0.05) is 19.9 Å². The van der Waals surface area contributed by atoms with E-state index in [0.29, 0.717) is 17.5 Å². The molecule has 1 spiro atoms. The van der Waals surface area contributed by atoms with Crippen LogP contribution >= 0.6 is 11.8 Å². The predicted octanol–water partition coefficient (Wildman–Crippen LogP) is 1.90. The van der Waals surface area contributed by atoms with Crippen LogP contribution in [0.4, 0.5) is 0 Å². The van der Waals surface area contributed by atoms with E-state index in [0.717, 1.165) is 37.4 Å². The van der Waals surface area contributed by atoms with Crippen LogP contribution in [0.2, 0.25) is 0 Å². The van der Waals surface area contributed by atoms with Gasteiger partial charge >= 0.3 is 0 Å². The second kappa shape index (κ2) is 8.61. The SMILES string of the molecule is CCS(=O)(=O)c1ccc(CNC(=O)C2=CC3C(S2)C2(CCNCC2)OC[C@H]3C)nc1. The number of nitrogens with zero attached hydrogens (tertiary/aromatic N) is 1. The normalized spacial score (nSPS) is 28.1. The number of amides is 1. The first-order valence-electron chi connectivity index (χ1n) is 10.5. The van der Waals surface area contributed by atoms with Gasteiger partial charge < -0.3 is 15.4 Å². The Morgan fingerprint density at radius 3 is 2.80 bits per heavy atom. The lowest BCUT2D eigenvalue weighted by Gasteiger charge is -2.49. The van der Waals surface area contributed by atoms with Gasteiger partial charge in [0.2, 0.25) is 0 Å². The van der Waals surface area contributed by atoms with Crippen molar-refractivity contribution in [3.63, 3.8) is 0 Å². The highest BCUT2D eigenvalue weighted by molar-refractivity contribution is 8.04. The molecule has 9 heteroatoms. The van der Waals surface area contributed by atoms with Crippen molar-refractivity contribution in [3.8, 4) is 0 Å². The topological polar surface area (TPSA) is 97.4 Å². The summed E-state index contributed by atoms with van der Waals surface area (Å²) in [6, 6.07) is 3.20. The number of sulfone groups is 1. The molecule has 0 radical (unpaired) electrons. The van der Waals surface area contributed by atoms with Crippen LogP contribution in [0.25, 0.3) is 0 Å². The summed E-state index contributed by atoms with van der Waals surface area (Å²) in [4.78, 5) is 18.0. The van der Waals surface area contributed by atoms with E-state index in [1.54, 1.807) is 30.8 Å². The Balaban J connectivity index is 1.40. The molecule has 3 atom stereocenters. The molecule has 4 rings (SSSR count). The van der Waals surface area contributed by atoms with Crippen molar-refractivity contribution in [1.29, 1.82) is 0 Å². The molecule has 4 heterocycles. The number of hydrogen-bond acceptors (Lipinski definition) is 7. The van der Waals surface area contributed by atoms with E-state index in [1.165, 1.54) is 6.20 Å². The molecule has 0 bridgehead atoms. The summed E-state index contributed by atoms with van der Waals surface area (Å²) >= 11 is 1.65. The number of ether oxygens (including phenoxy) is 1. The molecule has 164 valence electrons. The highest BCUT2D eigenvalue weighted by Crippen LogP contribution is 2.52. The first-order valence-corrected chi connectivity index (χ1v) is 13.1. The Hall–Kier alpha value is -1.42. The highest BCUT2D eigenvalue weighted by Gasteiger charge is 2.52. The molecule has 3 aliphatic rings. The monoisotopic (exact) mass is 451 g/mol.